The van der Waals surface area contributed by atoms with E-state index in [1.165, 1.54) is 0 Å². The molecule has 0 atom stereocenters. The largest absolute Gasteiger partial charge is 0.489 e. The Labute approximate surface area is 114 Å². The number of aliphatic hydroxyl groups excluding tert-OH is 1. The van der Waals surface area contributed by atoms with Gasteiger partial charge in [-0.2, -0.15) is 0 Å². The molecule has 0 saturated heterocycles. The first-order chi connectivity index (χ1) is 9.47. The van der Waals surface area contributed by atoms with E-state index in [1.807, 2.05) is 0 Å². The van der Waals surface area contributed by atoms with Gasteiger partial charge >= 0.3 is 5.69 Å². The fraction of sp³-hybridized carbons (Fsp3) is 0.455. The van der Waals surface area contributed by atoms with E-state index >= 15 is 0 Å². The Hall–Kier alpha value is -2.42. The number of hydrogen-bond acceptors (Lipinski definition) is 7. The van der Waals surface area contributed by atoms with Gasteiger partial charge in [0.1, 0.15) is 5.56 Å². The normalized spacial score (nSPS) is 10.2. The highest BCUT2D eigenvalue weighted by Gasteiger charge is 2.33. The van der Waals surface area contributed by atoms with E-state index in [2.05, 4.69) is 0 Å². The number of hydrogen-bond donors (Lipinski definition) is 1. The Morgan fingerprint density at radius 3 is 2.15 bits per heavy atom. The smallest absolute Gasteiger partial charge is 0.327 e. The van der Waals surface area contributed by atoms with E-state index in [9.17, 15) is 25.3 Å². The Morgan fingerprint density at radius 1 is 1.15 bits per heavy atom. The lowest BCUT2D eigenvalue weighted by molar-refractivity contribution is -0.396. The summed E-state index contributed by atoms with van der Waals surface area (Å²) in [4.78, 5) is 20.5. The molecule has 0 saturated carbocycles. The van der Waals surface area contributed by atoms with E-state index < -0.39 is 33.4 Å². The lowest BCUT2D eigenvalue weighted by Crippen LogP contribution is -2.07. The highest BCUT2D eigenvalue weighted by Crippen LogP contribution is 2.44. The van der Waals surface area contributed by atoms with Crippen LogP contribution in [0.15, 0.2) is 6.07 Å². The SMILES string of the molecule is CCOc1cc([N+](=O)[O-])c(CO)c([N+](=O)[O-])c1OCC. The predicted octanol–water partition coefficient (Wildman–Crippen LogP) is 1.79. The second-order valence-corrected chi connectivity index (χ2v) is 3.59. The van der Waals surface area contributed by atoms with Gasteiger partial charge in [-0.05, 0) is 13.8 Å². The average molecular weight is 286 g/mol. The highest BCUT2D eigenvalue weighted by atomic mass is 16.6. The zero-order valence-electron chi connectivity index (χ0n) is 11.0. The van der Waals surface area contributed by atoms with E-state index in [-0.39, 0.29) is 24.7 Å². The number of rotatable bonds is 7. The summed E-state index contributed by atoms with van der Waals surface area (Å²) in [7, 11) is 0. The maximum atomic E-state index is 11.1. The van der Waals surface area contributed by atoms with E-state index in [1.54, 1.807) is 13.8 Å². The molecule has 1 aromatic rings. The third kappa shape index (κ3) is 2.94. The predicted molar refractivity (Wildman–Crippen MR) is 68.0 cm³/mol. The van der Waals surface area contributed by atoms with Crippen molar-refractivity contribution in [2.45, 2.75) is 20.5 Å². The second kappa shape index (κ2) is 6.66. The maximum Gasteiger partial charge on any atom is 0.327 e. The van der Waals surface area contributed by atoms with Crippen molar-refractivity contribution in [2.75, 3.05) is 13.2 Å². The molecule has 0 aromatic heterocycles. The molecule has 1 aromatic carbocycles. The quantitative estimate of drug-likeness (QED) is 0.598. The van der Waals surface area contributed by atoms with Gasteiger partial charge in [-0.25, -0.2) is 0 Å². The fourth-order valence-electron chi connectivity index (χ4n) is 1.71. The summed E-state index contributed by atoms with van der Waals surface area (Å²) in [5.41, 5.74) is -1.63. The Morgan fingerprint density at radius 2 is 1.75 bits per heavy atom. The molecule has 0 heterocycles. The van der Waals surface area contributed by atoms with Crippen molar-refractivity contribution >= 4 is 11.4 Å². The molecular formula is C11H14N2O7. The van der Waals surface area contributed by atoms with Crippen LogP contribution >= 0.6 is 0 Å². The van der Waals surface area contributed by atoms with Gasteiger partial charge in [0.2, 0.25) is 5.75 Å². The van der Waals surface area contributed by atoms with E-state index in [4.69, 9.17) is 9.47 Å². The highest BCUT2D eigenvalue weighted by molar-refractivity contribution is 5.68. The van der Waals surface area contributed by atoms with E-state index in [0.717, 1.165) is 6.07 Å². The summed E-state index contributed by atoms with van der Waals surface area (Å²) in [5, 5.41) is 31.3. The summed E-state index contributed by atoms with van der Waals surface area (Å²) >= 11 is 0. The van der Waals surface area contributed by atoms with Crippen molar-refractivity contribution in [1.82, 2.24) is 0 Å². The molecule has 0 bridgehead atoms. The molecule has 0 aliphatic carbocycles. The van der Waals surface area contributed by atoms with Crippen LogP contribution in [0.3, 0.4) is 0 Å². The van der Waals surface area contributed by atoms with Crippen LogP contribution in [-0.2, 0) is 6.61 Å². The second-order valence-electron chi connectivity index (χ2n) is 3.59. The number of ether oxygens (including phenoxy) is 2. The third-order valence-electron chi connectivity index (χ3n) is 2.43. The molecule has 0 unspecified atom stereocenters. The molecule has 0 aliphatic heterocycles. The third-order valence-corrected chi connectivity index (χ3v) is 2.43. The molecule has 9 heteroatoms. The molecule has 110 valence electrons. The molecule has 9 nitrogen and oxygen atoms in total. The lowest BCUT2D eigenvalue weighted by Gasteiger charge is -2.13. The van der Waals surface area contributed by atoms with Gasteiger partial charge in [0.05, 0.1) is 35.7 Å². The molecule has 0 spiro atoms. The topological polar surface area (TPSA) is 125 Å². The molecule has 0 fully saturated rings. The fourth-order valence-corrected chi connectivity index (χ4v) is 1.71. The van der Waals surface area contributed by atoms with Gasteiger partial charge in [0.15, 0.2) is 5.75 Å². The van der Waals surface area contributed by atoms with Gasteiger partial charge in [-0.1, -0.05) is 0 Å². The maximum absolute atomic E-state index is 11.1. The summed E-state index contributed by atoms with van der Waals surface area (Å²) in [6.45, 7) is 2.67. The number of aliphatic hydroxyl groups is 1. The van der Waals surface area contributed by atoms with Crippen LogP contribution in [0, 0.1) is 20.2 Å². The van der Waals surface area contributed by atoms with Gasteiger partial charge in [-0.3, -0.25) is 20.2 Å². The molecular weight excluding hydrogens is 272 g/mol. The molecule has 1 N–H and O–H groups in total. The summed E-state index contributed by atoms with van der Waals surface area (Å²) < 4.78 is 10.3. The monoisotopic (exact) mass is 286 g/mol. The van der Waals surface area contributed by atoms with Crippen LogP contribution in [0.4, 0.5) is 11.4 Å². The first-order valence-electron chi connectivity index (χ1n) is 5.82. The van der Waals surface area contributed by atoms with Crippen LogP contribution in [0.25, 0.3) is 0 Å². The van der Waals surface area contributed by atoms with Crippen LogP contribution in [0.5, 0.6) is 11.5 Å². The van der Waals surface area contributed by atoms with Crippen LogP contribution in [0.1, 0.15) is 19.4 Å². The minimum Gasteiger partial charge on any atom is -0.489 e. The average Bonchev–Trinajstić information content (AvgIpc) is 2.39. The van der Waals surface area contributed by atoms with E-state index in [0.29, 0.717) is 0 Å². The Balaban J connectivity index is 3.69. The zero-order valence-corrected chi connectivity index (χ0v) is 11.0. The van der Waals surface area contributed by atoms with Crippen LogP contribution in [0.2, 0.25) is 0 Å². The van der Waals surface area contributed by atoms with Crippen molar-refractivity contribution < 1.29 is 24.4 Å². The Kier molecular flexibility index (Phi) is 5.21. The lowest BCUT2D eigenvalue weighted by atomic mass is 10.1. The van der Waals surface area contributed by atoms with Crippen molar-refractivity contribution in [3.05, 3.63) is 31.9 Å². The standard InChI is InChI=1S/C11H14N2O7/c1-3-19-9-5-8(12(15)16)7(6-14)10(13(17)18)11(9)20-4-2/h5,14H,3-4,6H2,1-2H3. The first kappa shape index (κ1) is 15.6. The molecule has 0 amide bonds. The van der Waals surface area contributed by atoms with Crippen molar-refractivity contribution in [3.8, 4) is 11.5 Å². The zero-order chi connectivity index (χ0) is 15.3. The van der Waals surface area contributed by atoms with Gasteiger partial charge in [0, 0.05) is 0 Å². The number of nitro groups is 2. The van der Waals surface area contributed by atoms with Crippen LogP contribution < -0.4 is 9.47 Å². The van der Waals surface area contributed by atoms with Gasteiger partial charge in [0.25, 0.3) is 5.69 Å². The van der Waals surface area contributed by atoms with Crippen molar-refractivity contribution in [3.63, 3.8) is 0 Å². The molecule has 0 radical (unpaired) electrons. The molecule has 1 rings (SSSR count). The van der Waals surface area contributed by atoms with Gasteiger partial charge in [-0.15, -0.1) is 0 Å². The summed E-state index contributed by atoms with van der Waals surface area (Å²) in [6.07, 6.45) is 0. The summed E-state index contributed by atoms with van der Waals surface area (Å²) in [6, 6.07) is 1.02. The first-order valence-corrected chi connectivity index (χ1v) is 5.82. The molecule has 20 heavy (non-hydrogen) atoms. The number of benzene rings is 1. The number of nitro benzene ring substituents is 2. The summed E-state index contributed by atoms with van der Waals surface area (Å²) in [5.74, 6) is -0.307. The molecule has 0 aliphatic rings. The number of nitrogens with zero attached hydrogens (tertiary/aromatic N) is 2. The van der Waals surface area contributed by atoms with Crippen LogP contribution in [-0.4, -0.2) is 28.2 Å². The van der Waals surface area contributed by atoms with Gasteiger partial charge < -0.3 is 14.6 Å². The Bertz CT molecular complexity index is 530. The minimum absolute atomic E-state index is 0.0926. The van der Waals surface area contributed by atoms with Crippen molar-refractivity contribution in [2.24, 2.45) is 0 Å². The van der Waals surface area contributed by atoms with Crippen molar-refractivity contribution in [1.29, 1.82) is 0 Å². The minimum atomic E-state index is -0.848.